The van der Waals surface area contributed by atoms with Crippen molar-refractivity contribution in [3.8, 4) is 11.8 Å². The van der Waals surface area contributed by atoms with Gasteiger partial charge >= 0.3 is 0 Å². The van der Waals surface area contributed by atoms with E-state index in [1.54, 1.807) is 12.1 Å². The summed E-state index contributed by atoms with van der Waals surface area (Å²) in [6.45, 7) is 3.95. The van der Waals surface area contributed by atoms with Gasteiger partial charge in [0.2, 0.25) is 6.41 Å². The normalized spacial score (nSPS) is 13.1. The number of nitriles is 1. The number of benzene rings is 3. The van der Waals surface area contributed by atoms with Gasteiger partial charge in [-0.2, -0.15) is 5.26 Å². The molecule has 3 aromatic carbocycles. The van der Waals surface area contributed by atoms with Crippen molar-refractivity contribution in [2.24, 2.45) is 5.92 Å². The zero-order valence-electron chi connectivity index (χ0n) is 27.3. The van der Waals surface area contributed by atoms with E-state index in [9.17, 15) is 23.9 Å². The Morgan fingerprint density at radius 3 is 2.28 bits per heavy atom. The molecule has 1 atom stereocenters. The first-order chi connectivity index (χ1) is 22.7. The molecule has 1 saturated heterocycles. The van der Waals surface area contributed by atoms with Gasteiger partial charge in [-0.05, 0) is 87.2 Å². The molecule has 0 aromatic heterocycles. The Labute approximate surface area is 282 Å². The lowest BCUT2D eigenvalue weighted by atomic mass is 9.87. The van der Waals surface area contributed by atoms with E-state index in [1.165, 1.54) is 10.4 Å². The van der Waals surface area contributed by atoms with Crippen molar-refractivity contribution in [2.75, 3.05) is 32.1 Å². The highest BCUT2D eigenvalue weighted by Crippen LogP contribution is 2.34. The zero-order valence-corrected chi connectivity index (χ0v) is 28.2. The van der Waals surface area contributed by atoms with Crippen LogP contribution >= 0.6 is 12.8 Å². The van der Waals surface area contributed by atoms with E-state index < -0.39 is 6.10 Å². The van der Waals surface area contributed by atoms with Gasteiger partial charge < -0.3 is 29.6 Å². The molecule has 0 spiro atoms. The maximum absolute atomic E-state index is 14.4. The SMILES string of the molecule is CNC.Cc1cccc(OCc2ccc(C(O)C3CCN(c4ccc(C#N)cc4F)CC3)cc2)c1CN(S)C=O.O=CCCCC=O. The predicted octanol–water partition coefficient (Wildman–Crippen LogP) is 5.73. The number of aliphatic hydroxyl groups excluding tert-OH is 1. The van der Waals surface area contributed by atoms with Crippen molar-refractivity contribution in [1.29, 1.82) is 5.26 Å². The van der Waals surface area contributed by atoms with E-state index >= 15 is 0 Å². The molecular weight excluding hydrogens is 619 g/mol. The quantitative estimate of drug-likeness (QED) is 0.120. The summed E-state index contributed by atoms with van der Waals surface area (Å²) in [5.74, 6) is 0.396. The Morgan fingerprint density at radius 2 is 1.72 bits per heavy atom. The first kappa shape index (κ1) is 38.9. The molecule has 3 aromatic rings. The summed E-state index contributed by atoms with van der Waals surface area (Å²) in [5, 5.41) is 22.7. The Hall–Kier alpha value is -4.24. The van der Waals surface area contributed by atoms with Crippen molar-refractivity contribution in [1.82, 2.24) is 9.62 Å². The molecule has 0 radical (unpaired) electrons. The second-order valence-electron chi connectivity index (χ2n) is 11.1. The standard InChI is InChI=1S/C29H30FN3O3S.C5H8O2.C2H7N/c1-20-3-2-4-28(25(20)17-33(37)19-34)36-18-21-5-8-23(9-6-21)29(35)24-11-13-32(14-12-24)27-10-7-22(16-31)15-26(27)30;6-4-2-1-3-5-7;1-3-2/h2-10,15,19,24,29,35,37H,11-14,17-18H2,1H3;4-5H,1-3H2;3H,1-2H3. The van der Waals surface area contributed by atoms with Crippen molar-refractivity contribution in [3.05, 3.63) is 94.3 Å². The van der Waals surface area contributed by atoms with Gasteiger partial charge in [0.15, 0.2) is 0 Å². The fourth-order valence-corrected chi connectivity index (χ4v) is 5.17. The van der Waals surface area contributed by atoms with Crippen molar-refractivity contribution < 1.29 is 28.6 Å². The minimum absolute atomic E-state index is 0.0802. The number of rotatable bonds is 13. The Kier molecular flexibility index (Phi) is 17.8. The van der Waals surface area contributed by atoms with Crippen LogP contribution in [0.4, 0.5) is 10.1 Å². The summed E-state index contributed by atoms with van der Waals surface area (Å²) in [7, 11) is 3.75. The van der Waals surface area contributed by atoms with Crippen LogP contribution in [0.3, 0.4) is 0 Å². The monoisotopic (exact) mass is 664 g/mol. The number of aldehydes is 2. The van der Waals surface area contributed by atoms with Gasteiger partial charge in [-0.15, -0.1) is 0 Å². The third-order valence-electron chi connectivity index (χ3n) is 7.57. The molecule has 0 saturated carbocycles. The summed E-state index contributed by atoms with van der Waals surface area (Å²) in [6, 6.07) is 20.0. The molecule has 252 valence electrons. The molecule has 1 aliphatic heterocycles. The third kappa shape index (κ3) is 12.8. The molecule has 1 fully saturated rings. The number of hydrogen-bond donors (Lipinski definition) is 3. The molecular formula is C36H45FN4O5S. The number of hydrogen-bond acceptors (Lipinski definition) is 9. The molecule has 4 rings (SSSR count). The number of nitrogens with one attached hydrogen (secondary N) is 1. The second kappa shape index (κ2) is 21.5. The van der Waals surface area contributed by atoms with Crippen molar-refractivity contribution in [3.63, 3.8) is 0 Å². The molecule has 1 heterocycles. The lowest BCUT2D eigenvalue weighted by Gasteiger charge is -2.36. The zero-order chi connectivity index (χ0) is 34.6. The van der Waals surface area contributed by atoms with Crippen LogP contribution in [0.5, 0.6) is 5.75 Å². The van der Waals surface area contributed by atoms with E-state index in [2.05, 4.69) is 18.1 Å². The summed E-state index contributed by atoms with van der Waals surface area (Å²) in [5.41, 5.74) is 4.55. The molecule has 1 unspecified atom stereocenters. The molecule has 0 aliphatic carbocycles. The highest BCUT2D eigenvalue weighted by Gasteiger charge is 2.27. The second-order valence-corrected chi connectivity index (χ2v) is 11.6. The summed E-state index contributed by atoms with van der Waals surface area (Å²) >= 11 is 4.14. The molecule has 0 bridgehead atoms. The minimum Gasteiger partial charge on any atom is -0.489 e. The number of piperidine rings is 1. The van der Waals surface area contributed by atoms with E-state index in [4.69, 9.17) is 10.00 Å². The molecule has 1 aliphatic rings. The number of carbonyl (C=O) groups excluding carboxylic acids is 3. The number of aliphatic hydroxyl groups is 1. The Balaban J connectivity index is 0.000000671. The largest absolute Gasteiger partial charge is 0.489 e. The van der Waals surface area contributed by atoms with Gasteiger partial charge in [0.05, 0.1) is 30.0 Å². The number of ether oxygens (including phenoxy) is 1. The van der Waals surface area contributed by atoms with E-state index in [-0.39, 0.29) is 11.7 Å². The first-order valence-electron chi connectivity index (χ1n) is 15.5. The van der Waals surface area contributed by atoms with Crippen LogP contribution in [0.2, 0.25) is 0 Å². The molecule has 9 nitrogen and oxygen atoms in total. The maximum atomic E-state index is 14.4. The molecule has 11 heteroatoms. The predicted molar refractivity (Wildman–Crippen MR) is 185 cm³/mol. The van der Waals surface area contributed by atoms with Crippen LogP contribution in [-0.2, 0) is 27.5 Å². The molecule has 1 amide bonds. The van der Waals surface area contributed by atoms with Gasteiger partial charge in [0.1, 0.15) is 30.7 Å². The minimum atomic E-state index is -0.601. The third-order valence-corrected chi connectivity index (χ3v) is 7.81. The topological polar surface area (TPSA) is 123 Å². The number of aryl methyl sites for hydroxylation is 1. The van der Waals surface area contributed by atoms with Crippen molar-refractivity contribution in [2.45, 2.75) is 58.3 Å². The van der Waals surface area contributed by atoms with E-state index in [1.807, 2.05) is 74.5 Å². The summed E-state index contributed by atoms with van der Waals surface area (Å²) in [6.07, 6.45) is 4.92. The van der Waals surface area contributed by atoms with Crippen LogP contribution in [-0.4, -0.2) is 55.6 Å². The lowest BCUT2D eigenvalue weighted by molar-refractivity contribution is -0.114. The van der Waals surface area contributed by atoms with Gasteiger partial charge in [-0.25, -0.2) is 4.39 Å². The Bertz CT molecular complexity index is 1430. The number of nitrogens with zero attached hydrogens (tertiary/aromatic N) is 3. The van der Waals surface area contributed by atoms with Gasteiger partial charge in [-0.3, -0.25) is 9.10 Å². The number of unbranched alkanes of at least 4 members (excludes halogenated alkanes) is 2. The highest BCUT2D eigenvalue weighted by molar-refractivity contribution is 7.78. The van der Waals surface area contributed by atoms with Crippen LogP contribution in [0.25, 0.3) is 0 Å². The average molecular weight is 665 g/mol. The van der Waals surface area contributed by atoms with Crippen LogP contribution < -0.4 is 15.0 Å². The fraction of sp³-hybridized carbons (Fsp3) is 0.389. The van der Waals surface area contributed by atoms with Crippen LogP contribution in [0, 0.1) is 30.0 Å². The van der Waals surface area contributed by atoms with Crippen LogP contribution in [0.15, 0.2) is 60.7 Å². The fourth-order valence-electron chi connectivity index (χ4n) is 5.03. The lowest BCUT2D eigenvalue weighted by Crippen LogP contribution is -2.36. The highest BCUT2D eigenvalue weighted by atomic mass is 32.1. The maximum Gasteiger partial charge on any atom is 0.219 e. The molecule has 47 heavy (non-hydrogen) atoms. The first-order valence-corrected chi connectivity index (χ1v) is 15.9. The number of amides is 1. The van der Waals surface area contributed by atoms with Crippen LogP contribution in [0.1, 0.15) is 66.0 Å². The molecule has 2 N–H and O–H groups in total. The van der Waals surface area contributed by atoms with E-state index in [0.717, 1.165) is 47.7 Å². The van der Waals surface area contributed by atoms with Gasteiger partial charge in [-0.1, -0.05) is 49.2 Å². The summed E-state index contributed by atoms with van der Waals surface area (Å²) < 4.78 is 21.7. The number of carbonyl (C=O) groups is 3. The smallest absolute Gasteiger partial charge is 0.219 e. The van der Waals surface area contributed by atoms with Gasteiger partial charge in [0.25, 0.3) is 0 Å². The van der Waals surface area contributed by atoms with E-state index in [0.29, 0.717) is 68.9 Å². The van der Waals surface area contributed by atoms with Crippen molar-refractivity contribution >= 4 is 37.5 Å². The Morgan fingerprint density at radius 1 is 1.09 bits per heavy atom. The summed E-state index contributed by atoms with van der Waals surface area (Å²) in [4.78, 5) is 32.1. The van der Waals surface area contributed by atoms with Gasteiger partial charge in [0, 0.05) is 31.5 Å². The average Bonchev–Trinajstić information content (AvgIpc) is 3.09. The number of anilines is 1. The number of halogens is 1. The number of thiol groups is 1.